The fourth-order valence-corrected chi connectivity index (χ4v) is 3.22. The summed E-state index contributed by atoms with van der Waals surface area (Å²) in [6, 6.07) is 0. The Kier molecular flexibility index (Phi) is 9.12. The molecule has 8 heteroatoms. The van der Waals surface area contributed by atoms with Crippen molar-refractivity contribution in [2.45, 2.75) is 44.7 Å². The summed E-state index contributed by atoms with van der Waals surface area (Å²) in [6.45, 7) is 0.707. The predicted molar refractivity (Wildman–Crippen MR) is 76.0 cm³/mol. The number of hydrogen-bond acceptors (Lipinski definition) is 4. The maximum atomic E-state index is 11.9. The summed E-state index contributed by atoms with van der Waals surface area (Å²) in [4.78, 5) is 12.5. The van der Waals surface area contributed by atoms with Crippen LogP contribution in [0, 0.1) is 0 Å². The largest absolute Gasteiger partial charge is 0.449 e. The van der Waals surface area contributed by atoms with Crippen molar-refractivity contribution in [3.8, 4) is 0 Å². The van der Waals surface area contributed by atoms with Crippen molar-refractivity contribution in [3.05, 3.63) is 0 Å². The molecule has 0 unspecified atom stereocenters. The summed E-state index contributed by atoms with van der Waals surface area (Å²) in [5, 5.41) is 0. The van der Waals surface area contributed by atoms with Crippen LogP contribution in [0.5, 0.6) is 0 Å². The van der Waals surface area contributed by atoms with Crippen molar-refractivity contribution < 1.29 is 26.4 Å². The van der Waals surface area contributed by atoms with Crippen LogP contribution in [0.3, 0.4) is 0 Å². The van der Waals surface area contributed by atoms with Crippen LogP contribution in [0.25, 0.3) is 0 Å². The molecule has 0 N–H and O–H groups in total. The molecule has 0 heterocycles. The molecule has 0 saturated carbocycles. The Hall–Kier alpha value is -0.630. The lowest BCUT2D eigenvalue weighted by Crippen LogP contribution is -2.22. The summed E-state index contributed by atoms with van der Waals surface area (Å²) in [5.41, 5.74) is 0. The minimum Gasteiger partial charge on any atom is -0.309 e. The normalized spacial score (nSPS) is 12.9. The number of carbonyl (C=O) groups excluding carboxylic acids is 1. The van der Waals surface area contributed by atoms with Crippen molar-refractivity contribution in [1.82, 2.24) is 4.90 Å². The summed E-state index contributed by atoms with van der Waals surface area (Å²) < 4.78 is 59.1. The van der Waals surface area contributed by atoms with E-state index in [9.17, 15) is 26.4 Å². The van der Waals surface area contributed by atoms with Gasteiger partial charge in [-0.15, -0.1) is 0 Å². The molecule has 0 aliphatic heterocycles. The molecule has 0 bridgehead atoms. The third-order valence-electron chi connectivity index (χ3n) is 2.99. The number of nitrogens with zero attached hydrogens (tertiary/aromatic N) is 1. The number of halogens is 3. The third-order valence-corrected chi connectivity index (χ3v) is 4.81. The standard InChI is InChI=1S/C13H24F3NO3S/c1-17(2)9-7-11-21(19,20)10-6-4-3-5-8-12(18)13(14,15)16/h3-11H2,1-2H3. The first-order valence-corrected chi connectivity index (χ1v) is 8.82. The van der Waals surface area contributed by atoms with E-state index in [4.69, 9.17) is 0 Å². The molecule has 0 spiro atoms. The van der Waals surface area contributed by atoms with Gasteiger partial charge in [-0.05, 0) is 39.9 Å². The average molecular weight is 331 g/mol. The van der Waals surface area contributed by atoms with Crippen molar-refractivity contribution in [2.75, 3.05) is 32.1 Å². The van der Waals surface area contributed by atoms with Crippen molar-refractivity contribution in [1.29, 1.82) is 0 Å². The Morgan fingerprint density at radius 3 is 2.00 bits per heavy atom. The first-order valence-electron chi connectivity index (χ1n) is 7.00. The van der Waals surface area contributed by atoms with Crippen LogP contribution in [0.15, 0.2) is 0 Å². The van der Waals surface area contributed by atoms with E-state index in [2.05, 4.69) is 0 Å². The van der Waals surface area contributed by atoms with E-state index in [-0.39, 0.29) is 17.9 Å². The maximum absolute atomic E-state index is 11.9. The van der Waals surface area contributed by atoms with Crippen LogP contribution < -0.4 is 0 Å². The fraction of sp³-hybridized carbons (Fsp3) is 0.923. The minimum atomic E-state index is -4.75. The van der Waals surface area contributed by atoms with Gasteiger partial charge in [0, 0.05) is 6.42 Å². The Labute approximate surface area is 124 Å². The number of sulfone groups is 1. The van der Waals surface area contributed by atoms with Crippen molar-refractivity contribution >= 4 is 15.6 Å². The number of carbonyl (C=O) groups is 1. The SMILES string of the molecule is CN(C)CCCS(=O)(=O)CCCCCCC(=O)C(F)(F)F. The number of alkyl halides is 3. The van der Waals surface area contributed by atoms with E-state index >= 15 is 0 Å². The van der Waals surface area contributed by atoms with Crippen LogP contribution >= 0.6 is 0 Å². The van der Waals surface area contributed by atoms with Crippen molar-refractivity contribution in [2.24, 2.45) is 0 Å². The minimum absolute atomic E-state index is 0.0631. The summed E-state index contributed by atoms with van der Waals surface area (Å²) in [7, 11) is 0.662. The second kappa shape index (κ2) is 9.40. The molecule has 0 fully saturated rings. The summed E-state index contributed by atoms with van der Waals surface area (Å²) in [5.74, 6) is -1.51. The highest BCUT2D eigenvalue weighted by Gasteiger charge is 2.36. The molecular weight excluding hydrogens is 307 g/mol. The van der Waals surface area contributed by atoms with Gasteiger partial charge in [-0.1, -0.05) is 12.8 Å². The maximum Gasteiger partial charge on any atom is 0.449 e. The predicted octanol–water partition coefficient (Wildman–Crippen LogP) is 2.43. The molecule has 0 aromatic heterocycles. The monoisotopic (exact) mass is 331 g/mol. The molecule has 0 aromatic rings. The Morgan fingerprint density at radius 2 is 1.48 bits per heavy atom. The smallest absolute Gasteiger partial charge is 0.309 e. The average Bonchev–Trinajstić information content (AvgIpc) is 2.31. The number of hydrogen-bond donors (Lipinski definition) is 0. The molecule has 0 aromatic carbocycles. The lowest BCUT2D eigenvalue weighted by molar-refractivity contribution is -0.171. The number of unbranched alkanes of at least 4 members (excludes halogenated alkanes) is 3. The second-order valence-electron chi connectivity index (χ2n) is 5.39. The molecule has 0 saturated heterocycles. The van der Waals surface area contributed by atoms with E-state index in [1.807, 2.05) is 19.0 Å². The van der Waals surface area contributed by atoms with Crippen LogP contribution in [0.2, 0.25) is 0 Å². The van der Waals surface area contributed by atoms with Gasteiger partial charge in [0.2, 0.25) is 5.78 Å². The summed E-state index contributed by atoms with van der Waals surface area (Å²) >= 11 is 0. The topological polar surface area (TPSA) is 54.5 Å². The third kappa shape index (κ3) is 11.7. The molecule has 21 heavy (non-hydrogen) atoms. The van der Waals surface area contributed by atoms with E-state index in [0.29, 0.717) is 32.2 Å². The van der Waals surface area contributed by atoms with Crippen LogP contribution in [0.1, 0.15) is 38.5 Å². The molecule has 0 atom stereocenters. The highest BCUT2D eigenvalue weighted by molar-refractivity contribution is 7.91. The molecule has 0 amide bonds. The Balaban J connectivity index is 3.69. The number of Topliss-reactive ketones (excluding diaryl/α,β-unsaturated/α-hetero) is 1. The van der Waals surface area contributed by atoms with Gasteiger partial charge < -0.3 is 4.90 Å². The van der Waals surface area contributed by atoms with E-state index in [1.165, 1.54) is 0 Å². The van der Waals surface area contributed by atoms with Gasteiger partial charge in [0.1, 0.15) is 9.84 Å². The van der Waals surface area contributed by atoms with Crippen molar-refractivity contribution in [3.63, 3.8) is 0 Å². The van der Waals surface area contributed by atoms with Gasteiger partial charge >= 0.3 is 6.18 Å². The van der Waals surface area contributed by atoms with E-state index in [0.717, 1.165) is 0 Å². The van der Waals surface area contributed by atoms with E-state index in [1.54, 1.807) is 0 Å². The summed E-state index contributed by atoms with van der Waals surface area (Å²) in [6.07, 6.45) is -3.14. The Morgan fingerprint density at radius 1 is 0.952 bits per heavy atom. The van der Waals surface area contributed by atoms with E-state index < -0.39 is 28.2 Å². The molecule has 0 rings (SSSR count). The first kappa shape index (κ1) is 20.4. The number of ketones is 1. The fourth-order valence-electron chi connectivity index (χ4n) is 1.81. The molecule has 4 nitrogen and oxygen atoms in total. The number of rotatable bonds is 11. The van der Waals surface area contributed by atoms with Gasteiger partial charge in [0.25, 0.3) is 0 Å². The zero-order chi connectivity index (χ0) is 16.5. The molecular formula is C13H24F3NO3S. The highest BCUT2D eigenvalue weighted by Crippen LogP contribution is 2.19. The molecule has 0 aliphatic rings. The van der Waals surface area contributed by atoms with Gasteiger partial charge in [0.15, 0.2) is 0 Å². The van der Waals surface area contributed by atoms with Gasteiger partial charge in [-0.25, -0.2) is 8.42 Å². The first-order chi connectivity index (χ1) is 9.54. The molecule has 126 valence electrons. The van der Waals surface area contributed by atoms with Gasteiger partial charge in [-0.2, -0.15) is 13.2 Å². The quantitative estimate of drug-likeness (QED) is 0.546. The zero-order valence-corrected chi connectivity index (χ0v) is 13.4. The van der Waals surface area contributed by atoms with Crippen LogP contribution in [0.4, 0.5) is 13.2 Å². The lowest BCUT2D eigenvalue weighted by atomic mass is 10.1. The molecule has 0 aliphatic carbocycles. The second-order valence-corrected chi connectivity index (χ2v) is 7.70. The van der Waals surface area contributed by atoms with Gasteiger partial charge in [-0.3, -0.25) is 4.79 Å². The van der Waals surface area contributed by atoms with Crippen LogP contribution in [-0.4, -0.2) is 57.4 Å². The zero-order valence-electron chi connectivity index (χ0n) is 12.6. The van der Waals surface area contributed by atoms with Crippen LogP contribution in [-0.2, 0) is 14.6 Å². The highest BCUT2D eigenvalue weighted by atomic mass is 32.2. The van der Waals surface area contributed by atoms with Gasteiger partial charge in [0.05, 0.1) is 11.5 Å². The Bertz CT molecular complexity index is 405. The molecule has 0 radical (unpaired) electrons. The lowest BCUT2D eigenvalue weighted by Gasteiger charge is -2.09.